The van der Waals surface area contributed by atoms with E-state index in [-0.39, 0.29) is 5.02 Å². The van der Waals surface area contributed by atoms with Gasteiger partial charge < -0.3 is 15.7 Å². The van der Waals surface area contributed by atoms with Gasteiger partial charge in [-0.15, -0.1) is 0 Å². The van der Waals surface area contributed by atoms with Crippen LogP contribution in [0.1, 0.15) is 5.56 Å². The summed E-state index contributed by atoms with van der Waals surface area (Å²) in [7, 11) is 0. The largest absolute Gasteiger partial charge is 0.423 e. The quantitative estimate of drug-likeness (QED) is 0.523. The van der Waals surface area contributed by atoms with Gasteiger partial charge in [0.15, 0.2) is 11.6 Å². The van der Waals surface area contributed by atoms with Crippen molar-refractivity contribution in [2.24, 2.45) is 0 Å². The zero-order valence-electron chi connectivity index (χ0n) is 13.8. The van der Waals surface area contributed by atoms with Crippen molar-refractivity contribution in [1.82, 2.24) is 5.32 Å². The van der Waals surface area contributed by atoms with E-state index >= 15 is 0 Å². The molecule has 1 unspecified atom stereocenters. The third kappa shape index (κ3) is 4.57. The predicted molar refractivity (Wildman–Crippen MR) is 89.4 cm³/mol. The van der Waals surface area contributed by atoms with Crippen LogP contribution in [0.5, 0.6) is 0 Å². The maximum Gasteiger partial charge on any atom is 0.423 e. The van der Waals surface area contributed by atoms with Gasteiger partial charge >= 0.3 is 18.0 Å². The van der Waals surface area contributed by atoms with E-state index < -0.39 is 53.0 Å². The van der Waals surface area contributed by atoms with Gasteiger partial charge in [-0.1, -0.05) is 29.8 Å². The SMILES string of the molecule is O=C(NCC(O)(c1ccc(Cl)cc1)C(F)(F)F)C(=O)Nc1cccc(F)c1F. The molecule has 0 bridgehead atoms. The Bertz CT molecular complexity index is 889. The molecule has 2 amide bonds. The third-order valence-electron chi connectivity index (χ3n) is 3.70. The number of amides is 2. The number of rotatable bonds is 4. The Morgan fingerprint density at radius 1 is 1.00 bits per heavy atom. The van der Waals surface area contributed by atoms with E-state index in [1.807, 2.05) is 0 Å². The molecule has 0 heterocycles. The highest BCUT2D eigenvalue weighted by atomic mass is 35.5. The molecule has 0 aliphatic heterocycles. The van der Waals surface area contributed by atoms with Crippen LogP contribution in [0.3, 0.4) is 0 Å². The molecule has 0 fully saturated rings. The predicted octanol–water partition coefficient (Wildman–Crippen LogP) is 3.12. The van der Waals surface area contributed by atoms with Gasteiger partial charge in [0, 0.05) is 5.02 Å². The van der Waals surface area contributed by atoms with E-state index in [1.165, 1.54) is 0 Å². The van der Waals surface area contributed by atoms with E-state index in [1.54, 1.807) is 10.6 Å². The third-order valence-corrected chi connectivity index (χ3v) is 3.95. The number of anilines is 1. The van der Waals surface area contributed by atoms with E-state index in [2.05, 4.69) is 0 Å². The molecule has 2 aromatic rings. The number of hydrogen-bond acceptors (Lipinski definition) is 3. The number of carbonyl (C=O) groups excluding carboxylic acids is 2. The standard InChI is InChI=1S/C17H12ClF5N2O3/c18-10-6-4-9(5-7-10)16(28,17(21,22)23)8-24-14(26)15(27)25-12-3-1-2-11(19)13(12)20/h1-7,28H,8H2,(H,24,26)(H,25,27). The van der Waals surface area contributed by atoms with Crippen molar-refractivity contribution >= 4 is 29.1 Å². The number of carbonyl (C=O) groups is 2. The van der Waals surface area contributed by atoms with E-state index in [0.717, 1.165) is 42.5 Å². The lowest BCUT2D eigenvalue weighted by atomic mass is 9.93. The Labute approximate surface area is 160 Å². The molecule has 5 nitrogen and oxygen atoms in total. The molecule has 3 N–H and O–H groups in total. The number of alkyl halides is 3. The molecule has 0 radical (unpaired) electrons. The lowest BCUT2D eigenvalue weighted by Gasteiger charge is -2.31. The average molecular weight is 423 g/mol. The summed E-state index contributed by atoms with van der Waals surface area (Å²) in [6, 6.07) is 6.79. The van der Waals surface area contributed by atoms with Gasteiger partial charge in [0.05, 0.1) is 12.2 Å². The maximum atomic E-state index is 13.5. The molecule has 11 heteroatoms. The summed E-state index contributed by atoms with van der Waals surface area (Å²) >= 11 is 5.60. The zero-order valence-corrected chi connectivity index (χ0v) is 14.5. The number of hydrogen-bond donors (Lipinski definition) is 3. The molecular weight excluding hydrogens is 411 g/mol. The van der Waals surface area contributed by atoms with Crippen molar-refractivity contribution in [2.45, 2.75) is 11.8 Å². The second-order valence-corrected chi connectivity index (χ2v) is 6.04. The highest BCUT2D eigenvalue weighted by Crippen LogP contribution is 2.38. The summed E-state index contributed by atoms with van der Waals surface area (Å²) in [4.78, 5) is 23.5. The first kappa shape index (κ1) is 21.6. The Morgan fingerprint density at radius 2 is 1.61 bits per heavy atom. The number of nitrogens with one attached hydrogen (secondary N) is 2. The molecule has 150 valence electrons. The lowest BCUT2D eigenvalue weighted by molar-refractivity contribution is -0.264. The summed E-state index contributed by atoms with van der Waals surface area (Å²) in [5.41, 5.74) is -4.82. The molecule has 0 saturated heterocycles. The molecule has 1 atom stereocenters. The Balaban J connectivity index is 2.14. The summed E-state index contributed by atoms with van der Waals surface area (Å²) in [6.45, 7) is -1.41. The smallest absolute Gasteiger partial charge is 0.375 e. The normalized spacial score (nSPS) is 13.5. The van der Waals surface area contributed by atoms with Gasteiger partial charge in [0.2, 0.25) is 5.60 Å². The van der Waals surface area contributed by atoms with Crippen LogP contribution in [0.25, 0.3) is 0 Å². The number of benzene rings is 2. The molecule has 0 aromatic heterocycles. The van der Waals surface area contributed by atoms with Crippen LogP contribution < -0.4 is 10.6 Å². The number of halogens is 6. The van der Waals surface area contributed by atoms with Crippen molar-refractivity contribution in [1.29, 1.82) is 0 Å². The van der Waals surface area contributed by atoms with Crippen molar-refractivity contribution in [2.75, 3.05) is 11.9 Å². The first-order valence-electron chi connectivity index (χ1n) is 7.54. The summed E-state index contributed by atoms with van der Waals surface area (Å²) in [5, 5.41) is 13.6. The topological polar surface area (TPSA) is 78.4 Å². The van der Waals surface area contributed by atoms with Crippen LogP contribution in [0.4, 0.5) is 27.6 Å². The first-order chi connectivity index (χ1) is 13.0. The zero-order chi connectivity index (χ0) is 21.1. The summed E-state index contributed by atoms with van der Waals surface area (Å²) in [5.74, 6) is -5.89. The van der Waals surface area contributed by atoms with Crippen LogP contribution in [-0.4, -0.2) is 29.6 Å². The van der Waals surface area contributed by atoms with Crippen molar-refractivity contribution in [3.05, 3.63) is 64.7 Å². The first-order valence-corrected chi connectivity index (χ1v) is 7.92. The summed E-state index contributed by atoms with van der Waals surface area (Å²) in [6.07, 6.45) is -5.21. The maximum absolute atomic E-state index is 13.5. The van der Waals surface area contributed by atoms with E-state index in [9.17, 15) is 36.6 Å². The van der Waals surface area contributed by atoms with Crippen LogP contribution in [0.2, 0.25) is 5.02 Å². The molecule has 0 saturated carbocycles. The van der Waals surface area contributed by atoms with E-state index in [0.29, 0.717) is 0 Å². The monoisotopic (exact) mass is 422 g/mol. The molecule has 2 rings (SSSR count). The fourth-order valence-electron chi connectivity index (χ4n) is 2.16. The van der Waals surface area contributed by atoms with Crippen LogP contribution in [0.15, 0.2) is 42.5 Å². The van der Waals surface area contributed by atoms with Gasteiger partial charge in [-0.25, -0.2) is 8.78 Å². The molecule has 2 aromatic carbocycles. The lowest BCUT2D eigenvalue weighted by Crippen LogP contribution is -2.52. The fourth-order valence-corrected chi connectivity index (χ4v) is 2.29. The van der Waals surface area contributed by atoms with Crippen molar-refractivity contribution < 1.29 is 36.6 Å². The Hall–Kier alpha value is -2.72. The van der Waals surface area contributed by atoms with Crippen LogP contribution >= 0.6 is 11.6 Å². The highest BCUT2D eigenvalue weighted by Gasteiger charge is 2.55. The minimum atomic E-state index is -5.21. The fraction of sp³-hybridized carbons (Fsp3) is 0.176. The summed E-state index contributed by atoms with van der Waals surface area (Å²) < 4.78 is 66.7. The van der Waals surface area contributed by atoms with Gasteiger partial charge in [0.25, 0.3) is 0 Å². The molecular formula is C17H12ClF5N2O3. The molecule has 0 aliphatic rings. The Morgan fingerprint density at radius 3 is 2.18 bits per heavy atom. The number of aliphatic hydroxyl groups is 1. The average Bonchev–Trinajstić information content (AvgIpc) is 2.62. The van der Waals surface area contributed by atoms with Gasteiger partial charge in [0.1, 0.15) is 0 Å². The van der Waals surface area contributed by atoms with Gasteiger partial charge in [-0.05, 0) is 29.8 Å². The molecule has 28 heavy (non-hydrogen) atoms. The second kappa shape index (κ2) is 8.11. The van der Waals surface area contributed by atoms with Crippen molar-refractivity contribution in [3.8, 4) is 0 Å². The molecule has 0 aliphatic carbocycles. The highest BCUT2D eigenvalue weighted by molar-refractivity contribution is 6.39. The van der Waals surface area contributed by atoms with E-state index in [4.69, 9.17) is 11.6 Å². The minimum Gasteiger partial charge on any atom is -0.375 e. The Kier molecular flexibility index (Phi) is 6.25. The van der Waals surface area contributed by atoms with Crippen LogP contribution in [-0.2, 0) is 15.2 Å². The van der Waals surface area contributed by atoms with Crippen LogP contribution in [0, 0.1) is 11.6 Å². The van der Waals surface area contributed by atoms with Gasteiger partial charge in [-0.3, -0.25) is 9.59 Å². The second-order valence-electron chi connectivity index (χ2n) is 5.60. The molecule has 0 spiro atoms. The van der Waals surface area contributed by atoms with Crippen molar-refractivity contribution in [3.63, 3.8) is 0 Å². The minimum absolute atomic E-state index is 0.119. The van der Waals surface area contributed by atoms with Gasteiger partial charge in [-0.2, -0.15) is 13.2 Å².